The van der Waals surface area contributed by atoms with E-state index in [-0.39, 0.29) is 26.4 Å². The van der Waals surface area contributed by atoms with E-state index in [1.807, 2.05) is 388 Å². The third kappa shape index (κ3) is 25.7. The molecule has 504 valence electrons. The number of allylic oxidation sites excluding steroid dienone is 8. The first kappa shape index (κ1) is 74.9. The second-order valence-corrected chi connectivity index (χ2v) is 23.0. The second-order valence-electron chi connectivity index (χ2n) is 23.0. The topological polar surface area (TPSA) is 80.9 Å². The Kier molecular flexibility index (Phi) is 31.6. The van der Waals surface area contributed by atoms with E-state index in [0.29, 0.717) is 0 Å². The lowest BCUT2D eigenvalue weighted by Gasteiger charge is -2.08. The van der Waals surface area contributed by atoms with Crippen molar-refractivity contribution >= 4 is 46.6 Å². The van der Waals surface area contributed by atoms with Crippen molar-refractivity contribution in [2.75, 3.05) is 26.4 Å². The first-order chi connectivity index (χ1) is 51.5. The summed E-state index contributed by atoms with van der Waals surface area (Å²) in [6.07, 6.45) is 15.5. The molecule has 0 heterocycles. The molecule has 0 atom stereocenters. The van der Waals surface area contributed by atoms with Gasteiger partial charge in [-0.3, -0.25) is 0 Å². The lowest BCUT2D eigenvalue weighted by atomic mass is 9.95. The van der Waals surface area contributed by atoms with Gasteiger partial charge < -0.3 is 20.4 Å². The van der Waals surface area contributed by atoms with Crippen LogP contribution in [0.15, 0.2) is 411 Å². The third-order valence-electron chi connectivity index (χ3n) is 15.6. The highest BCUT2D eigenvalue weighted by molar-refractivity contribution is 5.93. The van der Waals surface area contributed by atoms with E-state index >= 15 is 0 Å². The molecule has 4 N–H and O–H groups in total. The Morgan fingerprint density at radius 3 is 0.490 bits per heavy atom. The van der Waals surface area contributed by atoms with Crippen molar-refractivity contribution in [1.82, 2.24) is 0 Å². The molecular formula is C100H80O4. The molecule has 4 heteroatoms. The molecule has 0 saturated heterocycles. The van der Waals surface area contributed by atoms with E-state index in [1.54, 1.807) is 0 Å². The number of hydrogen-bond donors (Lipinski definition) is 4. The van der Waals surface area contributed by atoms with Crippen molar-refractivity contribution in [3.8, 4) is 47.4 Å². The molecule has 0 radical (unpaired) electrons. The molecule has 0 bridgehead atoms. The Hall–Kier alpha value is -13.4. The van der Waals surface area contributed by atoms with Gasteiger partial charge >= 0.3 is 0 Å². The van der Waals surface area contributed by atoms with E-state index in [9.17, 15) is 20.4 Å². The molecule has 0 unspecified atom stereocenters. The number of aliphatic hydroxyl groups is 4. The minimum Gasteiger partial charge on any atom is -0.392 e. The Labute approximate surface area is 614 Å². The summed E-state index contributed by atoms with van der Waals surface area (Å²) < 4.78 is 0. The molecule has 12 aromatic carbocycles. The summed E-state index contributed by atoms with van der Waals surface area (Å²) in [7, 11) is 0. The van der Waals surface area contributed by atoms with Crippen LogP contribution < -0.4 is 0 Å². The zero-order valence-electron chi connectivity index (χ0n) is 57.9. The molecule has 0 spiro atoms. The lowest BCUT2D eigenvalue weighted by Crippen LogP contribution is -1.91. The van der Waals surface area contributed by atoms with Gasteiger partial charge in [0.25, 0.3) is 0 Å². The molecule has 4 nitrogen and oxygen atoms in total. The molecule has 0 aromatic heterocycles. The van der Waals surface area contributed by atoms with Crippen molar-refractivity contribution in [1.29, 1.82) is 0 Å². The number of aliphatic hydroxyl groups excluding tert-OH is 4. The minimum absolute atomic E-state index is 0.0383. The number of hydrogen-bond acceptors (Lipinski definition) is 4. The monoisotopic (exact) mass is 1340 g/mol. The first-order valence-electron chi connectivity index (χ1n) is 34.3. The van der Waals surface area contributed by atoms with Crippen LogP contribution in [0.1, 0.15) is 66.8 Å². The van der Waals surface area contributed by atoms with Gasteiger partial charge in [-0.2, -0.15) is 0 Å². The summed E-state index contributed by atoms with van der Waals surface area (Å²) in [6, 6.07) is 120. The standard InChI is InChI=1S/4C25H20O/c4*26-19-18-25(23-14-8-3-9-15-23)24(20-22-12-6-2-7-13-22)17-16-21-10-4-1-5-11-21/h4*1-15,18,20,26H,19H2/b4*24-20+,25-18+. The second kappa shape index (κ2) is 43.9. The highest BCUT2D eigenvalue weighted by atomic mass is 16.3. The predicted octanol–water partition coefficient (Wildman–Crippen LogP) is 20.8. The highest BCUT2D eigenvalue weighted by Gasteiger charge is 2.11. The van der Waals surface area contributed by atoms with E-state index in [4.69, 9.17) is 0 Å². The van der Waals surface area contributed by atoms with Gasteiger partial charge in [-0.15, -0.1) is 0 Å². The Balaban J connectivity index is 0.000000161. The zero-order valence-corrected chi connectivity index (χ0v) is 57.9. The van der Waals surface area contributed by atoms with Crippen molar-refractivity contribution < 1.29 is 20.4 Å². The fraction of sp³-hybridized carbons (Fsp3) is 0.0400. The van der Waals surface area contributed by atoms with Gasteiger partial charge in [0.2, 0.25) is 0 Å². The summed E-state index contributed by atoms with van der Waals surface area (Å²) in [5.41, 5.74) is 19.5. The molecule has 12 rings (SSSR count). The average molecular weight is 1350 g/mol. The first-order valence-corrected chi connectivity index (χ1v) is 34.3. The largest absolute Gasteiger partial charge is 0.392 e. The van der Waals surface area contributed by atoms with Gasteiger partial charge in [-0.05, 0) is 140 Å². The maximum absolute atomic E-state index is 9.55. The third-order valence-corrected chi connectivity index (χ3v) is 15.6. The van der Waals surface area contributed by atoms with Gasteiger partial charge in [0.1, 0.15) is 0 Å². The van der Waals surface area contributed by atoms with Gasteiger partial charge in [-0.1, -0.05) is 387 Å². The SMILES string of the molecule is OC/C=C(/C(C#Cc1ccccc1)=C/c1ccccc1)c1ccccc1.OC/C=C(/C(C#Cc1ccccc1)=C/c1ccccc1)c1ccccc1.OC/C=C(/C(C#Cc1ccccc1)=C/c1ccccc1)c1ccccc1.OC/C=C(/C(C#Cc1ccccc1)=C/c1ccccc1)c1ccccc1. The number of benzene rings is 12. The van der Waals surface area contributed by atoms with Crippen LogP contribution in [0.2, 0.25) is 0 Å². The molecule has 104 heavy (non-hydrogen) atoms. The molecule has 0 aliphatic carbocycles. The summed E-state index contributed by atoms with van der Waals surface area (Å²) in [5.74, 6) is 26.1. The average Bonchev–Trinajstić information content (AvgIpc) is 0.867. The van der Waals surface area contributed by atoms with E-state index in [0.717, 1.165) is 111 Å². The van der Waals surface area contributed by atoms with Crippen LogP contribution in [0.4, 0.5) is 0 Å². The quantitative estimate of drug-likeness (QED) is 0.0574. The predicted molar refractivity (Wildman–Crippen MR) is 437 cm³/mol. The van der Waals surface area contributed by atoms with Crippen LogP contribution in [0.5, 0.6) is 0 Å². The van der Waals surface area contributed by atoms with Crippen LogP contribution in [0, 0.1) is 47.4 Å². The Morgan fingerprint density at radius 2 is 0.337 bits per heavy atom. The lowest BCUT2D eigenvalue weighted by molar-refractivity contribution is 0.343. The zero-order chi connectivity index (χ0) is 72.1. The van der Waals surface area contributed by atoms with Crippen LogP contribution in [-0.4, -0.2) is 46.9 Å². The van der Waals surface area contributed by atoms with Crippen LogP contribution in [0.3, 0.4) is 0 Å². The summed E-state index contributed by atoms with van der Waals surface area (Å²) in [6.45, 7) is -0.153. The van der Waals surface area contributed by atoms with Crippen molar-refractivity contribution in [3.63, 3.8) is 0 Å². The molecule has 0 fully saturated rings. The van der Waals surface area contributed by atoms with Crippen molar-refractivity contribution in [3.05, 3.63) is 477 Å². The highest BCUT2D eigenvalue weighted by Crippen LogP contribution is 2.29. The van der Waals surface area contributed by atoms with Gasteiger partial charge in [0.05, 0.1) is 26.4 Å². The molecule has 0 saturated carbocycles. The molecule has 0 aliphatic heterocycles. The minimum atomic E-state index is -0.0383. The molecular weight excluding hydrogens is 1270 g/mol. The van der Waals surface area contributed by atoms with Gasteiger partial charge in [0.15, 0.2) is 0 Å². The van der Waals surface area contributed by atoms with E-state index in [1.165, 1.54) is 0 Å². The molecule has 12 aromatic rings. The summed E-state index contributed by atoms with van der Waals surface area (Å²) in [4.78, 5) is 0. The maximum Gasteiger partial charge on any atom is 0.0621 e. The van der Waals surface area contributed by atoms with Crippen molar-refractivity contribution in [2.45, 2.75) is 0 Å². The fourth-order valence-corrected chi connectivity index (χ4v) is 10.6. The van der Waals surface area contributed by atoms with Gasteiger partial charge in [0, 0.05) is 44.5 Å². The van der Waals surface area contributed by atoms with Crippen LogP contribution in [0.25, 0.3) is 46.6 Å². The fourth-order valence-electron chi connectivity index (χ4n) is 10.6. The van der Waals surface area contributed by atoms with E-state index < -0.39 is 0 Å². The number of rotatable bonds is 16. The van der Waals surface area contributed by atoms with E-state index in [2.05, 4.69) is 71.7 Å². The molecule has 0 aliphatic rings. The normalized spacial score (nSPS) is 11.6. The summed E-state index contributed by atoms with van der Waals surface area (Å²) in [5, 5.41) is 38.2. The summed E-state index contributed by atoms with van der Waals surface area (Å²) >= 11 is 0. The van der Waals surface area contributed by atoms with Crippen LogP contribution >= 0.6 is 0 Å². The Morgan fingerprint density at radius 1 is 0.192 bits per heavy atom. The smallest absolute Gasteiger partial charge is 0.0621 e. The van der Waals surface area contributed by atoms with Gasteiger partial charge in [-0.25, -0.2) is 0 Å². The maximum atomic E-state index is 9.55. The van der Waals surface area contributed by atoms with Crippen LogP contribution in [-0.2, 0) is 0 Å². The van der Waals surface area contributed by atoms with Crippen molar-refractivity contribution in [2.24, 2.45) is 0 Å². The Bertz CT molecular complexity index is 4420. The molecule has 0 amide bonds.